The Morgan fingerprint density at radius 2 is 2.19 bits per heavy atom. The van der Waals surface area contributed by atoms with Crippen LogP contribution in [0.15, 0.2) is 34.0 Å². The minimum absolute atomic E-state index is 0.300. The van der Waals surface area contributed by atoms with Crippen molar-refractivity contribution in [2.75, 3.05) is 6.54 Å². The van der Waals surface area contributed by atoms with Gasteiger partial charge in [0.2, 0.25) is 0 Å². The van der Waals surface area contributed by atoms with E-state index in [1.165, 1.54) is 40.5 Å². The first-order valence-electron chi connectivity index (χ1n) is 7.99. The highest BCUT2D eigenvalue weighted by molar-refractivity contribution is 7.18. The second kappa shape index (κ2) is 7.79. The number of thiophene rings is 2. The molecule has 3 rings (SSSR count). The Hall–Kier alpha value is -2.52. The van der Waals surface area contributed by atoms with E-state index in [0.29, 0.717) is 16.8 Å². The smallest absolute Gasteiger partial charge is 0.326 e. The maximum atomic E-state index is 12.8. The number of aromatic nitrogens is 2. The zero-order valence-electron chi connectivity index (χ0n) is 14.2. The SMILES string of the molecule is CCNC(=O)[C@H](C)OC(=O)Cn1cnc2scc(-c3cccs3)c2c1=O. The van der Waals surface area contributed by atoms with E-state index in [1.807, 2.05) is 22.9 Å². The van der Waals surface area contributed by atoms with E-state index in [4.69, 9.17) is 4.74 Å². The summed E-state index contributed by atoms with van der Waals surface area (Å²) in [7, 11) is 0. The summed E-state index contributed by atoms with van der Waals surface area (Å²) in [6.45, 7) is 3.41. The summed E-state index contributed by atoms with van der Waals surface area (Å²) in [6.07, 6.45) is 0.412. The van der Waals surface area contributed by atoms with Gasteiger partial charge in [-0.3, -0.25) is 19.0 Å². The molecule has 0 unspecified atom stereocenters. The van der Waals surface area contributed by atoms with Gasteiger partial charge in [-0.1, -0.05) is 6.07 Å². The molecule has 0 aliphatic rings. The molecule has 0 saturated carbocycles. The molecule has 3 aromatic rings. The molecule has 0 bridgehead atoms. The Balaban J connectivity index is 1.84. The van der Waals surface area contributed by atoms with Crippen LogP contribution in [0.25, 0.3) is 20.7 Å². The number of hydrogen-bond donors (Lipinski definition) is 1. The molecule has 0 spiro atoms. The Morgan fingerprint density at radius 3 is 2.88 bits per heavy atom. The zero-order chi connectivity index (χ0) is 18.7. The van der Waals surface area contributed by atoms with Gasteiger partial charge in [0.05, 0.1) is 11.7 Å². The lowest BCUT2D eigenvalue weighted by Crippen LogP contribution is -2.37. The van der Waals surface area contributed by atoms with Crippen LogP contribution >= 0.6 is 22.7 Å². The summed E-state index contributed by atoms with van der Waals surface area (Å²) >= 11 is 2.92. The molecule has 7 nitrogen and oxygen atoms in total. The first-order valence-corrected chi connectivity index (χ1v) is 9.75. The topological polar surface area (TPSA) is 90.3 Å². The van der Waals surface area contributed by atoms with Crippen molar-refractivity contribution in [1.29, 1.82) is 0 Å². The molecule has 1 N–H and O–H groups in total. The summed E-state index contributed by atoms with van der Waals surface area (Å²) < 4.78 is 6.29. The number of carbonyl (C=O) groups is 2. The molecular formula is C17H17N3O4S2. The molecule has 1 amide bonds. The Labute approximate surface area is 157 Å². The highest BCUT2D eigenvalue weighted by Gasteiger charge is 2.19. The van der Waals surface area contributed by atoms with Gasteiger partial charge in [0.1, 0.15) is 11.4 Å². The summed E-state index contributed by atoms with van der Waals surface area (Å²) in [4.78, 5) is 42.4. The van der Waals surface area contributed by atoms with Gasteiger partial charge in [-0.15, -0.1) is 22.7 Å². The van der Waals surface area contributed by atoms with Crippen LogP contribution in [0.5, 0.6) is 0 Å². The number of amides is 1. The van der Waals surface area contributed by atoms with E-state index in [1.54, 1.807) is 6.92 Å². The molecule has 0 fully saturated rings. The van der Waals surface area contributed by atoms with Gasteiger partial charge < -0.3 is 10.1 Å². The largest absolute Gasteiger partial charge is 0.451 e. The van der Waals surface area contributed by atoms with Gasteiger partial charge >= 0.3 is 5.97 Å². The van der Waals surface area contributed by atoms with Crippen LogP contribution in [0.2, 0.25) is 0 Å². The number of fused-ring (bicyclic) bond motifs is 1. The molecule has 0 saturated heterocycles. The van der Waals surface area contributed by atoms with Gasteiger partial charge in [0.25, 0.3) is 11.5 Å². The fourth-order valence-corrected chi connectivity index (χ4v) is 4.16. The predicted molar refractivity (Wildman–Crippen MR) is 101 cm³/mol. The molecular weight excluding hydrogens is 374 g/mol. The van der Waals surface area contributed by atoms with Crippen molar-refractivity contribution < 1.29 is 14.3 Å². The first-order chi connectivity index (χ1) is 12.5. The van der Waals surface area contributed by atoms with Crippen LogP contribution < -0.4 is 10.9 Å². The van der Waals surface area contributed by atoms with Crippen molar-refractivity contribution in [3.63, 3.8) is 0 Å². The average molecular weight is 391 g/mol. The third-order valence-corrected chi connectivity index (χ3v) is 5.46. The van der Waals surface area contributed by atoms with E-state index in [2.05, 4.69) is 10.3 Å². The molecule has 3 heterocycles. The summed E-state index contributed by atoms with van der Waals surface area (Å²) in [5.74, 6) is -1.04. The Bertz CT molecular complexity index is 991. The van der Waals surface area contributed by atoms with Gasteiger partial charge in [-0.2, -0.15) is 0 Å². The van der Waals surface area contributed by atoms with E-state index in [-0.39, 0.29) is 18.0 Å². The number of rotatable bonds is 6. The molecule has 0 radical (unpaired) electrons. The lowest BCUT2D eigenvalue weighted by atomic mass is 10.2. The van der Waals surface area contributed by atoms with Crippen LogP contribution in [-0.2, 0) is 20.9 Å². The molecule has 3 aromatic heterocycles. The summed E-state index contributed by atoms with van der Waals surface area (Å²) in [6, 6.07) is 3.85. The van der Waals surface area contributed by atoms with Gasteiger partial charge in [-0.05, 0) is 25.3 Å². The van der Waals surface area contributed by atoms with Crippen LogP contribution in [0.3, 0.4) is 0 Å². The van der Waals surface area contributed by atoms with Crippen molar-refractivity contribution in [2.45, 2.75) is 26.5 Å². The second-order valence-corrected chi connectivity index (χ2v) is 7.32. The molecule has 26 heavy (non-hydrogen) atoms. The quantitative estimate of drug-likeness (QED) is 0.651. The number of ether oxygens (including phenoxy) is 1. The monoisotopic (exact) mass is 391 g/mol. The summed E-state index contributed by atoms with van der Waals surface area (Å²) in [5, 5.41) is 6.90. The number of likely N-dealkylation sites (N-methyl/N-ethyl adjacent to an activating group) is 1. The third kappa shape index (κ3) is 3.68. The number of hydrogen-bond acceptors (Lipinski definition) is 7. The number of nitrogens with one attached hydrogen (secondary N) is 1. The van der Waals surface area contributed by atoms with Crippen LogP contribution in [0, 0.1) is 0 Å². The van der Waals surface area contributed by atoms with Crippen LogP contribution in [0.1, 0.15) is 13.8 Å². The molecule has 9 heteroatoms. The lowest BCUT2D eigenvalue weighted by Gasteiger charge is -2.13. The molecule has 136 valence electrons. The van der Waals surface area contributed by atoms with Crippen molar-refractivity contribution in [3.05, 3.63) is 39.6 Å². The Kier molecular flexibility index (Phi) is 5.48. The minimum Gasteiger partial charge on any atom is -0.451 e. The number of esters is 1. The number of nitrogens with zero attached hydrogens (tertiary/aromatic N) is 2. The predicted octanol–water partition coefficient (Wildman–Crippen LogP) is 2.25. The van der Waals surface area contributed by atoms with Gasteiger partial charge in [0.15, 0.2) is 6.10 Å². The highest BCUT2D eigenvalue weighted by atomic mass is 32.1. The minimum atomic E-state index is -0.919. The maximum Gasteiger partial charge on any atom is 0.326 e. The van der Waals surface area contributed by atoms with Gasteiger partial charge in [0, 0.05) is 22.4 Å². The Morgan fingerprint density at radius 1 is 1.38 bits per heavy atom. The first kappa shape index (κ1) is 18.3. The van der Waals surface area contributed by atoms with E-state index >= 15 is 0 Å². The maximum absolute atomic E-state index is 12.8. The van der Waals surface area contributed by atoms with Crippen LogP contribution in [0.4, 0.5) is 0 Å². The third-order valence-electron chi connectivity index (χ3n) is 3.68. The highest BCUT2D eigenvalue weighted by Crippen LogP contribution is 2.33. The van der Waals surface area contributed by atoms with Gasteiger partial charge in [-0.25, -0.2) is 4.98 Å². The van der Waals surface area contributed by atoms with Crippen LogP contribution in [-0.4, -0.2) is 34.1 Å². The molecule has 0 aliphatic heterocycles. The molecule has 0 aliphatic carbocycles. The molecule has 1 atom stereocenters. The zero-order valence-corrected chi connectivity index (χ0v) is 15.9. The lowest BCUT2D eigenvalue weighted by molar-refractivity contribution is -0.155. The van der Waals surface area contributed by atoms with Crippen molar-refractivity contribution in [2.24, 2.45) is 0 Å². The van der Waals surface area contributed by atoms with E-state index in [9.17, 15) is 14.4 Å². The van der Waals surface area contributed by atoms with E-state index in [0.717, 1.165) is 10.4 Å². The normalized spacial score (nSPS) is 12.1. The van der Waals surface area contributed by atoms with Crippen molar-refractivity contribution >= 4 is 44.8 Å². The summed E-state index contributed by atoms with van der Waals surface area (Å²) in [5.41, 5.74) is 0.512. The fourth-order valence-electron chi connectivity index (χ4n) is 2.44. The average Bonchev–Trinajstić information content (AvgIpc) is 3.26. The standard InChI is InChI=1S/C17H17N3O4S2/c1-3-18-15(22)10(2)24-13(21)7-20-9-19-16-14(17(20)23)11(8-26-16)12-5-4-6-25-12/h4-6,8-10H,3,7H2,1-2H3,(H,18,22)/t10-/m0/s1. The fraction of sp³-hybridized carbons (Fsp3) is 0.294. The van der Waals surface area contributed by atoms with E-state index < -0.39 is 12.1 Å². The number of carbonyl (C=O) groups excluding carboxylic acids is 2. The van der Waals surface area contributed by atoms with Crippen molar-refractivity contribution in [3.8, 4) is 10.4 Å². The second-order valence-electron chi connectivity index (χ2n) is 5.51. The van der Waals surface area contributed by atoms with Crippen molar-refractivity contribution in [1.82, 2.24) is 14.9 Å². The molecule has 0 aromatic carbocycles.